The SMILES string of the molecule is NC(=O)c1cc(NC(=O)[C@H]2C[C@]23CCCc2ccccc23)c[nH]1. The first kappa shape index (κ1) is 14.1. The van der Waals surface area contributed by atoms with Crippen LogP contribution in [0, 0.1) is 5.92 Å². The standard InChI is InChI=1S/C18H19N3O2/c19-16(22)15-8-12(10-20-15)21-17(23)14-9-18(14)7-3-5-11-4-1-2-6-13(11)18/h1-2,4,6,8,10,14,20H,3,5,7,9H2,(H2,19,22)(H,21,23)/t14-,18+/m1/s1. The van der Waals surface area contributed by atoms with Crippen molar-refractivity contribution in [2.24, 2.45) is 11.7 Å². The summed E-state index contributed by atoms with van der Waals surface area (Å²) in [7, 11) is 0. The van der Waals surface area contributed by atoms with Crippen molar-refractivity contribution >= 4 is 17.5 Å². The molecule has 118 valence electrons. The number of aromatic nitrogens is 1. The van der Waals surface area contributed by atoms with Crippen molar-refractivity contribution in [2.75, 3.05) is 5.32 Å². The second-order valence-electron chi connectivity index (χ2n) is 6.58. The van der Waals surface area contributed by atoms with Gasteiger partial charge in [0, 0.05) is 17.5 Å². The van der Waals surface area contributed by atoms with Crippen molar-refractivity contribution in [1.82, 2.24) is 4.98 Å². The molecule has 4 N–H and O–H groups in total. The molecule has 0 unspecified atom stereocenters. The van der Waals surface area contributed by atoms with Gasteiger partial charge >= 0.3 is 0 Å². The Kier molecular flexibility index (Phi) is 3.04. The molecule has 2 atom stereocenters. The van der Waals surface area contributed by atoms with E-state index in [0.29, 0.717) is 11.4 Å². The van der Waals surface area contributed by atoms with Crippen molar-refractivity contribution in [3.05, 3.63) is 53.3 Å². The maximum absolute atomic E-state index is 12.6. The predicted molar refractivity (Wildman–Crippen MR) is 87.1 cm³/mol. The molecular formula is C18H19N3O2. The van der Waals surface area contributed by atoms with E-state index in [4.69, 9.17) is 5.73 Å². The summed E-state index contributed by atoms with van der Waals surface area (Å²) in [6.07, 6.45) is 5.81. The van der Waals surface area contributed by atoms with E-state index in [9.17, 15) is 9.59 Å². The second-order valence-corrected chi connectivity index (χ2v) is 6.58. The fraction of sp³-hybridized carbons (Fsp3) is 0.333. The zero-order valence-electron chi connectivity index (χ0n) is 12.8. The monoisotopic (exact) mass is 309 g/mol. The summed E-state index contributed by atoms with van der Waals surface area (Å²) < 4.78 is 0. The van der Waals surface area contributed by atoms with Gasteiger partial charge in [-0.2, -0.15) is 0 Å². The van der Waals surface area contributed by atoms with E-state index in [2.05, 4.69) is 34.6 Å². The Hall–Kier alpha value is -2.56. The Morgan fingerprint density at radius 2 is 2.13 bits per heavy atom. The number of aromatic amines is 1. The van der Waals surface area contributed by atoms with Gasteiger partial charge in [-0.05, 0) is 42.9 Å². The van der Waals surface area contributed by atoms with E-state index < -0.39 is 5.91 Å². The van der Waals surface area contributed by atoms with Crippen molar-refractivity contribution in [1.29, 1.82) is 0 Å². The molecule has 1 saturated carbocycles. The fourth-order valence-electron chi connectivity index (χ4n) is 4.01. The molecule has 1 aromatic heterocycles. The number of nitrogens with two attached hydrogens (primary N) is 1. The summed E-state index contributed by atoms with van der Waals surface area (Å²) in [4.78, 5) is 26.5. The van der Waals surface area contributed by atoms with Crippen LogP contribution in [-0.4, -0.2) is 16.8 Å². The molecule has 1 aromatic carbocycles. The Morgan fingerprint density at radius 1 is 1.30 bits per heavy atom. The van der Waals surface area contributed by atoms with Crippen LogP contribution in [0.1, 0.15) is 40.9 Å². The molecule has 0 aliphatic heterocycles. The molecule has 0 bridgehead atoms. The van der Waals surface area contributed by atoms with Crippen LogP contribution in [0.15, 0.2) is 36.5 Å². The zero-order chi connectivity index (χ0) is 16.0. The number of aryl methyl sites for hydroxylation is 1. The molecule has 0 radical (unpaired) electrons. The Morgan fingerprint density at radius 3 is 2.91 bits per heavy atom. The second kappa shape index (κ2) is 4.98. The van der Waals surface area contributed by atoms with Crippen LogP contribution in [0.2, 0.25) is 0 Å². The number of benzene rings is 1. The summed E-state index contributed by atoms with van der Waals surface area (Å²) in [5.41, 5.74) is 8.85. The van der Waals surface area contributed by atoms with E-state index >= 15 is 0 Å². The minimum Gasteiger partial charge on any atom is -0.364 e. The van der Waals surface area contributed by atoms with E-state index in [1.807, 2.05) is 0 Å². The number of hydrogen-bond acceptors (Lipinski definition) is 2. The number of carbonyl (C=O) groups excluding carboxylic acids is 2. The lowest BCUT2D eigenvalue weighted by Gasteiger charge is -2.26. The third-order valence-corrected chi connectivity index (χ3v) is 5.23. The summed E-state index contributed by atoms with van der Waals surface area (Å²) in [5, 5.41) is 2.90. The molecule has 23 heavy (non-hydrogen) atoms. The molecule has 2 aromatic rings. The maximum atomic E-state index is 12.6. The molecule has 0 saturated heterocycles. The van der Waals surface area contributed by atoms with Crippen molar-refractivity contribution in [3.8, 4) is 0 Å². The van der Waals surface area contributed by atoms with Gasteiger partial charge in [0.05, 0.1) is 5.69 Å². The third-order valence-electron chi connectivity index (χ3n) is 5.23. The molecule has 4 rings (SSSR count). The van der Waals surface area contributed by atoms with Gasteiger partial charge in [-0.15, -0.1) is 0 Å². The number of fused-ring (bicyclic) bond motifs is 2. The molecule has 1 heterocycles. The number of rotatable bonds is 3. The van der Waals surface area contributed by atoms with Crippen molar-refractivity contribution < 1.29 is 9.59 Å². The Bertz CT molecular complexity index is 795. The molecule has 2 amide bonds. The highest BCUT2D eigenvalue weighted by atomic mass is 16.2. The molecular weight excluding hydrogens is 290 g/mol. The molecule has 2 aliphatic rings. The number of primary amides is 1. The van der Waals surface area contributed by atoms with Gasteiger partial charge in [-0.1, -0.05) is 24.3 Å². The molecule has 2 aliphatic carbocycles. The number of amides is 2. The van der Waals surface area contributed by atoms with Gasteiger partial charge in [-0.25, -0.2) is 0 Å². The first-order valence-electron chi connectivity index (χ1n) is 7.98. The zero-order valence-corrected chi connectivity index (χ0v) is 12.8. The van der Waals surface area contributed by atoms with Gasteiger partial charge in [-0.3, -0.25) is 9.59 Å². The van der Waals surface area contributed by atoms with Crippen molar-refractivity contribution in [2.45, 2.75) is 31.1 Å². The number of H-pyrrole nitrogens is 1. The molecule has 1 fully saturated rings. The first-order valence-corrected chi connectivity index (χ1v) is 7.98. The van der Waals surface area contributed by atoms with Crippen LogP contribution < -0.4 is 11.1 Å². The van der Waals surface area contributed by atoms with Crippen LogP contribution in [-0.2, 0) is 16.6 Å². The lowest BCUT2D eigenvalue weighted by atomic mass is 9.78. The number of anilines is 1. The van der Waals surface area contributed by atoms with Gasteiger partial charge in [0.25, 0.3) is 5.91 Å². The van der Waals surface area contributed by atoms with Gasteiger partial charge < -0.3 is 16.0 Å². The minimum absolute atomic E-state index is 0.0101. The van der Waals surface area contributed by atoms with Gasteiger partial charge in [0.15, 0.2) is 0 Å². The lowest BCUT2D eigenvalue weighted by Crippen LogP contribution is -2.24. The fourth-order valence-corrected chi connectivity index (χ4v) is 4.01. The number of carbonyl (C=O) groups is 2. The van der Waals surface area contributed by atoms with E-state index in [1.165, 1.54) is 11.1 Å². The quantitative estimate of drug-likeness (QED) is 0.812. The average Bonchev–Trinajstić information content (AvgIpc) is 3.06. The topological polar surface area (TPSA) is 88.0 Å². The maximum Gasteiger partial charge on any atom is 0.265 e. The van der Waals surface area contributed by atoms with Crippen LogP contribution >= 0.6 is 0 Å². The largest absolute Gasteiger partial charge is 0.364 e. The summed E-state index contributed by atoms with van der Waals surface area (Å²) in [5.74, 6) is -0.498. The molecule has 5 heteroatoms. The van der Waals surface area contributed by atoms with Crippen LogP contribution in [0.5, 0.6) is 0 Å². The predicted octanol–water partition coefficient (Wildman–Crippen LogP) is 2.35. The first-order chi connectivity index (χ1) is 11.1. The smallest absolute Gasteiger partial charge is 0.265 e. The van der Waals surface area contributed by atoms with Crippen LogP contribution in [0.25, 0.3) is 0 Å². The summed E-state index contributed by atoms with van der Waals surface area (Å²) in [6.45, 7) is 0. The Labute approximate surface area is 134 Å². The molecule has 1 spiro atoms. The van der Waals surface area contributed by atoms with Gasteiger partial charge in [0.2, 0.25) is 5.91 Å². The highest BCUT2D eigenvalue weighted by Crippen LogP contribution is 2.60. The van der Waals surface area contributed by atoms with E-state index in [1.54, 1.807) is 12.3 Å². The van der Waals surface area contributed by atoms with E-state index in [0.717, 1.165) is 25.7 Å². The Balaban J connectivity index is 1.52. The minimum atomic E-state index is -0.533. The average molecular weight is 309 g/mol. The van der Waals surface area contributed by atoms with Gasteiger partial charge in [0.1, 0.15) is 5.69 Å². The summed E-state index contributed by atoms with van der Waals surface area (Å²) in [6, 6.07) is 10.0. The van der Waals surface area contributed by atoms with Crippen LogP contribution in [0.3, 0.4) is 0 Å². The molecule has 5 nitrogen and oxygen atoms in total. The number of hydrogen-bond donors (Lipinski definition) is 3. The highest BCUT2D eigenvalue weighted by Gasteiger charge is 2.60. The highest BCUT2D eigenvalue weighted by molar-refractivity contribution is 5.98. The van der Waals surface area contributed by atoms with Crippen molar-refractivity contribution in [3.63, 3.8) is 0 Å². The normalized spacial score (nSPS) is 25.0. The van der Waals surface area contributed by atoms with Crippen LogP contribution in [0.4, 0.5) is 5.69 Å². The van der Waals surface area contributed by atoms with E-state index in [-0.39, 0.29) is 17.2 Å². The third kappa shape index (κ3) is 2.23. The number of nitrogens with one attached hydrogen (secondary N) is 2. The summed E-state index contributed by atoms with van der Waals surface area (Å²) >= 11 is 0. The lowest BCUT2D eigenvalue weighted by molar-refractivity contribution is -0.117.